The normalized spacial score (nSPS) is 14.1. The van der Waals surface area contributed by atoms with E-state index in [0.717, 1.165) is 6.26 Å². The molecule has 2 aromatic rings. The number of ether oxygens (including phenoxy) is 1. The number of halogens is 3. The van der Waals surface area contributed by atoms with Gasteiger partial charge in [0.1, 0.15) is 11.9 Å². The van der Waals surface area contributed by atoms with Gasteiger partial charge in [-0.2, -0.15) is 21.6 Å². The zero-order valence-corrected chi connectivity index (χ0v) is 15.5. The smallest absolute Gasteiger partial charge is 0.471 e. The maximum Gasteiger partial charge on any atom is 0.471 e. The van der Waals surface area contributed by atoms with Gasteiger partial charge in [-0.15, -0.1) is 0 Å². The summed E-state index contributed by atoms with van der Waals surface area (Å²) in [5.41, 5.74) is 0.460. The lowest BCUT2D eigenvalue weighted by atomic mass is 10.0. The van der Waals surface area contributed by atoms with Crippen LogP contribution < -0.4 is 10.1 Å². The number of hydrogen-bond donors (Lipinski definition) is 1. The van der Waals surface area contributed by atoms with Crippen molar-refractivity contribution in [2.75, 3.05) is 12.8 Å². The van der Waals surface area contributed by atoms with E-state index >= 15 is 0 Å². The fourth-order valence-corrected chi connectivity index (χ4v) is 2.97. The molecule has 1 N–H and O–H groups in total. The Balaban J connectivity index is 2.34. The van der Waals surface area contributed by atoms with Crippen LogP contribution in [0.5, 0.6) is 5.75 Å². The Bertz CT molecular complexity index is 873. The molecule has 1 amide bonds. The van der Waals surface area contributed by atoms with E-state index in [2.05, 4.69) is 0 Å². The van der Waals surface area contributed by atoms with Crippen LogP contribution in [0.3, 0.4) is 0 Å². The van der Waals surface area contributed by atoms with E-state index < -0.39 is 41.0 Å². The molecule has 2 aromatic carbocycles. The maximum absolute atomic E-state index is 12.5. The summed E-state index contributed by atoms with van der Waals surface area (Å²) in [4.78, 5) is 11.2. The minimum Gasteiger partial charge on any atom is -0.483 e. The molecule has 6 nitrogen and oxygen atoms in total. The van der Waals surface area contributed by atoms with Crippen molar-refractivity contribution in [3.63, 3.8) is 0 Å². The lowest BCUT2D eigenvalue weighted by molar-refractivity contribution is -0.174. The Morgan fingerprint density at radius 1 is 1.04 bits per heavy atom. The van der Waals surface area contributed by atoms with E-state index in [4.69, 9.17) is 8.92 Å². The van der Waals surface area contributed by atoms with Crippen LogP contribution in [0.2, 0.25) is 0 Å². The second-order valence-electron chi connectivity index (χ2n) is 5.81. The molecular formula is C18H18F3NO5S. The highest BCUT2D eigenvalue weighted by Crippen LogP contribution is 2.27. The van der Waals surface area contributed by atoms with Gasteiger partial charge in [-0.1, -0.05) is 48.5 Å². The second-order valence-corrected chi connectivity index (χ2v) is 7.41. The van der Waals surface area contributed by atoms with Crippen molar-refractivity contribution in [2.24, 2.45) is 0 Å². The molecule has 0 aliphatic carbocycles. The Labute approximate surface area is 160 Å². The minimum absolute atomic E-state index is 0.348. The highest BCUT2D eigenvalue weighted by atomic mass is 32.2. The molecule has 0 spiro atoms. The van der Waals surface area contributed by atoms with Crippen molar-refractivity contribution in [1.29, 1.82) is 0 Å². The molecule has 152 valence electrons. The predicted molar refractivity (Wildman–Crippen MR) is 95.0 cm³/mol. The van der Waals surface area contributed by atoms with Crippen molar-refractivity contribution in [2.45, 2.75) is 18.4 Å². The van der Waals surface area contributed by atoms with E-state index in [1.54, 1.807) is 66.0 Å². The minimum atomic E-state index is -5.11. The topological polar surface area (TPSA) is 81.7 Å². The number of carbonyl (C=O) groups is 1. The summed E-state index contributed by atoms with van der Waals surface area (Å²) in [6.45, 7) is -0.738. The van der Waals surface area contributed by atoms with E-state index in [1.807, 2.05) is 0 Å². The van der Waals surface area contributed by atoms with E-state index in [1.165, 1.54) is 0 Å². The Kier molecular flexibility index (Phi) is 7.03. The third-order valence-corrected chi connectivity index (χ3v) is 4.09. The lowest BCUT2D eigenvalue weighted by Crippen LogP contribution is -2.44. The summed E-state index contributed by atoms with van der Waals surface area (Å²) >= 11 is 0. The van der Waals surface area contributed by atoms with Crippen molar-refractivity contribution in [1.82, 2.24) is 5.32 Å². The van der Waals surface area contributed by atoms with Gasteiger partial charge in [0, 0.05) is 6.54 Å². The first kappa shape index (κ1) is 21.7. The Morgan fingerprint density at radius 2 is 1.57 bits per heavy atom. The number of para-hydroxylation sites is 1. The van der Waals surface area contributed by atoms with Crippen LogP contribution in [-0.2, 0) is 19.1 Å². The molecule has 2 rings (SSSR count). The molecular weight excluding hydrogens is 399 g/mol. The summed E-state index contributed by atoms with van der Waals surface area (Å²) in [5.74, 6) is -1.86. The first-order valence-corrected chi connectivity index (χ1v) is 9.88. The zero-order valence-electron chi connectivity index (χ0n) is 14.7. The third kappa shape index (κ3) is 6.86. The molecule has 0 aromatic heterocycles. The molecule has 0 saturated heterocycles. The van der Waals surface area contributed by atoms with Crippen molar-refractivity contribution in [3.8, 4) is 5.75 Å². The van der Waals surface area contributed by atoms with E-state index in [0.29, 0.717) is 11.3 Å². The molecule has 0 radical (unpaired) electrons. The standard InChI is InChI=1S/C18H18F3NO5S/c1-28(24,25)27-15(12-22-17(23)18(19,20)21)16(13-8-4-2-5-9-13)26-14-10-6-3-7-11-14/h2-11,15-16H,12H2,1H3,(H,22,23)/t15-,16+/m0/s1. The van der Waals surface area contributed by atoms with Crippen LogP contribution in [0.25, 0.3) is 0 Å². The van der Waals surface area contributed by atoms with Crippen LogP contribution >= 0.6 is 0 Å². The summed E-state index contributed by atoms with van der Waals surface area (Å²) in [6, 6.07) is 16.5. The number of nitrogens with one attached hydrogen (secondary N) is 1. The van der Waals surface area contributed by atoms with Crippen LogP contribution in [-0.4, -0.2) is 39.4 Å². The van der Waals surface area contributed by atoms with Crippen LogP contribution in [0.1, 0.15) is 11.7 Å². The zero-order chi connectivity index (χ0) is 20.8. The lowest BCUT2D eigenvalue weighted by Gasteiger charge is -2.28. The molecule has 0 fully saturated rings. The Morgan fingerprint density at radius 3 is 2.07 bits per heavy atom. The highest BCUT2D eigenvalue weighted by Gasteiger charge is 2.40. The monoisotopic (exact) mass is 417 g/mol. The fourth-order valence-electron chi connectivity index (χ4n) is 2.36. The van der Waals surface area contributed by atoms with Gasteiger partial charge in [0.2, 0.25) is 0 Å². The second kappa shape index (κ2) is 9.07. The third-order valence-electron chi connectivity index (χ3n) is 3.49. The van der Waals surface area contributed by atoms with Crippen LogP contribution in [0, 0.1) is 0 Å². The van der Waals surface area contributed by atoms with Gasteiger partial charge in [0.05, 0.1) is 6.26 Å². The largest absolute Gasteiger partial charge is 0.483 e. The molecule has 0 unspecified atom stereocenters. The summed E-state index contributed by atoms with van der Waals surface area (Å²) in [7, 11) is -4.06. The van der Waals surface area contributed by atoms with Crippen molar-refractivity contribution >= 4 is 16.0 Å². The first-order chi connectivity index (χ1) is 13.1. The molecule has 0 saturated carbocycles. The molecule has 0 heterocycles. The average Bonchev–Trinajstić information content (AvgIpc) is 2.63. The number of amides is 1. The number of benzene rings is 2. The molecule has 0 aliphatic heterocycles. The predicted octanol–water partition coefficient (Wildman–Crippen LogP) is 2.83. The Hall–Kier alpha value is -2.59. The SMILES string of the molecule is CS(=O)(=O)O[C@@H](CNC(=O)C(F)(F)F)[C@H](Oc1ccccc1)c1ccccc1. The van der Waals surface area contributed by atoms with Gasteiger partial charge in [0.15, 0.2) is 6.10 Å². The highest BCUT2D eigenvalue weighted by molar-refractivity contribution is 7.86. The van der Waals surface area contributed by atoms with Crippen molar-refractivity contribution < 1.29 is 35.3 Å². The fraction of sp³-hybridized carbons (Fsp3) is 0.278. The van der Waals surface area contributed by atoms with Gasteiger partial charge in [-0.05, 0) is 17.7 Å². The van der Waals surface area contributed by atoms with E-state index in [9.17, 15) is 26.4 Å². The summed E-state index contributed by atoms with van der Waals surface area (Å²) in [5, 5.41) is 1.65. The molecule has 10 heteroatoms. The van der Waals surface area contributed by atoms with Crippen LogP contribution in [0.4, 0.5) is 13.2 Å². The number of rotatable bonds is 8. The molecule has 0 bridgehead atoms. The summed E-state index contributed by atoms with van der Waals surface area (Å²) < 4.78 is 71.6. The first-order valence-electron chi connectivity index (χ1n) is 8.06. The molecule has 2 atom stereocenters. The number of alkyl halides is 3. The number of hydrogen-bond acceptors (Lipinski definition) is 5. The quantitative estimate of drug-likeness (QED) is 0.668. The molecule has 0 aliphatic rings. The van der Waals surface area contributed by atoms with Crippen LogP contribution in [0.15, 0.2) is 60.7 Å². The number of carbonyl (C=O) groups excluding carboxylic acids is 1. The average molecular weight is 417 g/mol. The van der Waals surface area contributed by atoms with Gasteiger partial charge in [0.25, 0.3) is 10.1 Å². The van der Waals surface area contributed by atoms with Gasteiger partial charge in [-0.25, -0.2) is 0 Å². The maximum atomic E-state index is 12.5. The summed E-state index contributed by atoms with van der Waals surface area (Å²) in [6.07, 6.45) is -6.90. The van der Waals surface area contributed by atoms with Gasteiger partial charge >= 0.3 is 12.1 Å². The molecule has 28 heavy (non-hydrogen) atoms. The van der Waals surface area contributed by atoms with Gasteiger partial charge in [-0.3, -0.25) is 8.98 Å². The van der Waals surface area contributed by atoms with E-state index in [-0.39, 0.29) is 0 Å². The van der Waals surface area contributed by atoms with Crippen molar-refractivity contribution in [3.05, 3.63) is 66.2 Å². The van der Waals surface area contributed by atoms with Gasteiger partial charge < -0.3 is 10.1 Å².